The van der Waals surface area contributed by atoms with Gasteiger partial charge in [-0.25, -0.2) is 8.42 Å². The Hall–Kier alpha value is -3.73. The lowest BCUT2D eigenvalue weighted by atomic mass is 10.0. The summed E-state index contributed by atoms with van der Waals surface area (Å²) >= 11 is 0. The Morgan fingerprint density at radius 2 is 1.30 bits per heavy atom. The van der Waals surface area contributed by atoms with Crippen LogP contribution in [-0.2, 0) is 37.4 Å². The number of hydrogen-bond acceptors (Lipinski definition) is 7. The second kappa shape index (κ2) is 15.8. The summed E-state index contributed by atoms with van der Waals surface area (Å²) in [4.78, 5) is 0.146. The van der Waals surface area contributed by atoms with Gasteiger partial charge in [0.05, 0.1) is 37.8 Å². The smallest absolute Gasteiger partial charge is 0.243 e. The minimum absolute atomic E-state index is 0.0219. The highest BCUT2D eigenvalue weighted by Crippen LogP contribution is 2.42. The van der Waals surface area contributed by atoms with Gasteiger partial charge >= 0.3 is 0 Å². The van der Waals surface area contributed by atoms with Gasteiger partial charge in [-0.3, -0.25) is 0 Å². The fourth-order valence-corrected chi connectivity index (χ4v) is 6.47. The summed E-state index contributed by atoms with van der Waals surface area (Å²) in [5.74, 6) is 0.967. The molecule has 9 heteroatoms. The van der Waals surface area contributed by atoms with E-state index in [0.29, 0.717) is 17.1 Å². The molecule has 0 aliphatic heterocycles. The van der Waals surface area contributed by atoms with Gasteiger partial charge in [-0.1, -0.05) is 90.5 Å². The van der Waals surface area contributed by atoms with Crippen molar-refractivity contribution in [3.8, 4) is 11.5 Å². The monoisotopic (exact) mass is 619 g/mol. The molecule has 0 saturated heterocycles. The van der Waals surface area contributed by atoms with Crippen molar-refractivity contribution in [2.45, 2.75) is 44.3 Å². The summed E-state index contributed by atoms with van der Waals surface area (Å²) in [6.45, 7) is 4.30. The Morgan fingerprint density at radius 1 is 0.705 bits per heavy atom. The van der Waals surface area contributed by atoms with Crippen molar-refractivity contribution in [3.05, 3.63) is 125 Å². The molecule has 0 aliphatic carbocycles. The van der Waals surface area contributed by atoms with Crippen molar-refractivity contribution in [3.63, 3.8) is 0 Å². The second-order valence-electron chi connectivity index (χ2n) is 10.4. The van der Waals surface area contributed by atoms with Crippen LogP contribution >= 0.6 is 0 Å². The number of benzene rings is 4. The van der Waals surface area contributed by atoms with Crippen molar-refractivity contribution in [1.29, 1.82) is 0 Å². The maximum atomic E-state index is 14.5. The van der Waals surface area contributed by atoms with Gasteiger partial charge < -0.3 is 23.7 Å². The van der Waals surface area contributed by atoms with Crippen LogP contribution in [0.2, 0.25) is 0 Å². The third kappa shape index (κ3) is 8.25. The highest BCUT2D eigenvalue weighted by atomic mass is 32.2. The Labute approximate surface area is 261 Å². The molecule has 4 rings (SSSR count). The van der Waals surface area contributed by atoms with Crippen LogP contribution in [-0.4, -0.2) is 53.5 Å². The molecule has 0 fully saturated rings. The molecule has 0 spiro atoms. The van der Waals surface area contributed by atoms with Crippen molar-refractivity contribution < 1.29 is 32.1 Å². The summed E-state index contributed by atoms with van der Waals surface area (Å²) in [7, 11) is 0.449. The van der Waals surface area contributed by atoms with Crippen LogP contribution in [0.15, 0.2) is 102 Å². The normalized spacial score (nSPS) is 12.4. The molecular weight excluding hydrogens is 578 g/mol. The highest BCUT2D eigenvalue weighted by molar-refractivity contribution is 7.89. The van der Waals surface area contributed by atoms with Crippen LogP contribution in [0.25, 0.3) is 0 Å². The van der Waals surface area contributed by atoms with Crippen molar-refractivity contribution >= 4 is 10.0 Å². The number of sulfonamides is 1. The van der Waals surface area contributed by atoms with Gasteiger partial charge in [0.1, 0.15) is 6.61 Å². The van der Waals surface area contributed by atoms with Gasteiger partial charge in [0.25, 0.3) is 0 Å². The number of aryl methyl sites for hydroxylation is 2. The average Bonchev–Trinajstić information content (AvgIpc) is 3.04. The molecule has 4 aromatic carbocycles. The Kier molecular flexibility index (Phi) is 11.9. The summed E-state index contributed by atoms with van der Waals surface area (Å²) in [6, 6.07) is 29.2. The van der Waals surface area contributed by atoms with Gasteiger partial charge in [0.2, 0.25) is 10.0 Å². The predicted octanol–water partition coefficient (Wildman–Crippen LogP) is 6.46. The SMILES string of the molecule is COc1c(C)ccc([C@H](COCc2ccccc2)N(CC(OC)OC)S(=O)(=O)c2ccc(C)cc2)c1OCc1ccccc1. The van der Waals surface area contributed by atoms with Crippen LogP contribution < -0.4 is 9.47 Å². The minimum Gasteiger partial charge on any atom is -0.493 e. The fourth-order valence-electron chi connectivity index (χ4n) is 4.89. The number of hydrogen-bond donors (Lipinski definition) is 0. The zero-order chi connectivity index (χ0) is 31.5. The first-order chi connectivity index (χ1) is 21.3. The molecule has 0 saturated carbocycles. The van der Waals surface area contributed by atoms with Gasteiger partial charge in [0, 0.05) is 19.8 Å². The lowest BCUT2D eigenvalue weighted by Gasteiger charge is -2.34. The number of nitrogens with zero attached hydrogens (tertiary/aromatic N) is 1. The third-order valence-electron chi connectivity index (χ3n) is 7.35. The average molecular weight is 620 g/mol. The van der Waals surface area contributed by atoms with E-state index in [9.17, 15) is 8.42 Å². The highest BCUT2D eigenvalue weighted by Gasteiger charge is 2.37. The molecule has 0 unspecified atom stereocenters. The van der Waals surface area contributed by atoms with E-state index in [2.05, 4.69) is 0 Å². The zero-order valence-electron chi connectivity index (χ0n) is 25.9. The zero-order valence-corrected chi connectivity index (χ0v) is 26.8. The predicted molar refractivity (Wildman–Crippen MR) is 170 cm³/mol. The second-order valence-corrected chi connectivity index (χ2v) is 12.3. The summed E-state index contributed by atoms with van der Waals surface area (Å²) in [6.07, 6.45) is -0.840. The third-order valence-corrected chi connectivity index (χ3v) is 9.23. The molecule has 1 atom stereocenters. The summed E-state index contributed by atoms with van der Waals surface area (Å²) < 4.78 is 59.9. The van der Waals surface area contributed by atoms with Crippen LogP contribution in [0.3, 0.4) is 0 Å². The first-order valence-electron chi connectivity index (χ1n) is 14.4. The van der Waals surface area contributed by atoms with Crippen LogP contribution in [0.5, 0.6) is 11.5 Å². The molecule has 0 bridgehead atoms. The van der Waals surface area contributed by atoms with E-state index in [1.54, 1.807) is 31.4 Å². The molecule has 8 nitrogen and oxygen atoms in total. The summed E-state index contributed by atoms with van der Waals surface area (Å²) in [5, 5.41) is 0. The van der Waals surface area contributed by atoms with Crippen LogP contribution in [0.1, 0.15) is 33.9 Å². The van der Waals surface area contributed by atoms with Gasteiger partial charge in [-0.2, -0.15) is 4.31 Å². The summed E-state index contributed by atoms with van der Waals surface area (Å²) in [5.41, 5.74) is 4.32. The Bertz CT molecular complexity index is 1560. The lowest BCUT2D eigenvalue weighted by molar-refractivity contribution is -0.113. The minimum atomic E-state index is -4.09. The Morgan fingerprint density at radius 3 is 1.86 bits per heavy atom. The Balaban J connectivity index is 1.85. The molecule has 0 radical (unpaired) electrons. The number of methoxy groups -OCH3 is 3. The van der Waals surface area contributed by atoms with E-state index < -0.39 is 22.4 Å². The van der Waals surface area contributed by atoms with Gasteiger partial charge in [0.15, 0.2) is 17.8 Å². The standard InChI is InChI=1S/C35H41NO7S/c1-26-16-19-30(20-17-26)44(37,38)36(22-33(39-3)40-4)32(25-42-23-28-12-8-6-9-13-28)31-21-18-27(2)34(41-5)35(31)43-24-29-14-10-7-11-15-29/h6-21,32-33H,22-25H2,1-5H3/t32-/m0/s1. The molecule has 0 N–H and O–H groups in total. The molecule has 0 heterocycles. The molecule has 44 heavy (non-hydrogen) atoms. The van der Waals surface area contributed by atoms with E-state index in [1.165, 1.54) is 18.5 Å². The maximum absolute atomic E-state index is 14.5. The van der Waals surface area contributed by atoms with E-state index in [4.69, 9.17) is 23.7 Å². The van der Waals surface area contributed by atoms with E-state index in [0.717, 1.165) is 22.3 Å². The topological polar surface area (TPSA) is 83.5 Å². The van der Waals surface area contributed by atoms with E-state index in [1.807, 2.05) is 86.6 Å². The molecule has 234 valence electrons. The first-order valence-corrected chi connectivity index (χ1v) is 15.8. The molecule has 0 aliphatic rings. The molecule has 0 amide bonds. The lowest BCUT2D eigenvalue weighted by Crippen LogP contribution is -2.43. The molecule has 0 aromatic heterocycles. The van der Waals surface area contributed by atoms with E-state index in [-0.39, 0.29) is 31.3 Å². The maximum Gasteiger partial charge on any atom is 0.243 e. The largest absolute Gasteiger partial charge is 0.493 e. The quantitative estimate of drug-likeness (QED) is 0.133. The molecule has 4 aromatic rings. The number of ether oxygens (including phenoxy) is 5. The van der Waals surface area contributed by atoms with Crippen molar-refractivity contribution in [1.82, 2.24) is 4.31 Å². The fraction of sp³-hybridized carbons (Fsp3) is 0.314. The van der Waals surface area contributed by atoms with Crippen molar-refractivity contribution in [2.75, 3.05) is 34.5 Å². The van der Waals surface area contributed by atoms with Crippen LogP contribution in [0.4, 0.5) is 0 Å². The molecular formula is C35H41NO7S. The number of rotatable bonds is 16. The van der Waals surface area contributed by atoms with Gasteiger partial charge in [-0.05, 0) is 42.7 Å². The van der Waals surface area contributed by atoms with E-state index >= 15 is 0 Å². The van der Waals surface area contributed by atoms with Crippen molar-refractivity contribution in [2.24, 2.45) is 0 Å². The van der Waals surface area contributed by atoms with Gasteiger partial charge in [-0.15, -0.1) is 0 Å². The van der Waals surface area contributed by atoms with Crippen LogP contribution in [0, 0.1) is 13.8 Å². The first kappa shape index (κ1) is 33.2.